The van der Waals surface area contributed by atoms with Crippen molar-refractivity contribution < 1.29 is 4.79 Å². The van der Waals surface area contributed by atoms with E-state index in [0.717, 1.165) is 16.2 Å². The number of hydrogen-bond donors (Lipinski definition) is 1. The highest BCUT2D eigenvalue weighted by Gasteiger charge is 2.10. The Balaban J connectivity index is 1.61. The van der Waals surface area contributed by atoms with E-state index in [1.54, 1.807) is 4.52 Å². The molecule has 0 atom stereocenters. The zero-order valence-corrected chi connectivity index (χ0v) is 11.9. The summed E-state index contributed by atoms with van der Waals surface area (Å²) in [7, 11) is 0. The lowest BCUT2D eigenvalue weighted by atomic mass is 10.1. The van der Waals surface area contributed by atoms with Crippen LogP contribution in [-0.4, -0.2) is 20.5 Å². The van der Waals surface area contributed by atoms with E-state index in [9.17, 15) is 4.79 Å². The second-order valence-corrected chi connectivity index (χ2v) is 5.38. The Kier molecular flexibility index (Phi) is 3.47. The number of carbonyl (C=O) groups excluding carboxylic acids is 1. The standard InChI is InChI=1S/C14H14N4OS/c1-10-9-20-14-16-13(17-18(10)14)15-12(19)8-7-11-5-3-2-4-6-11/h2-6,9H,7-8H2,1H3,(H,15,17,19). The molecule has 0 aliphatic carbocycles. The lowest BCUT2D eigenvalue weighted by molar-refractivity contribution is -0.116. The Morgan fingerprint density at radius 3 is 2.90 bits per heavy atom. The second kappa shape index (κ2) is 5.42. The number of fused-ring (bicyclic) bond motifs is 1. The Morgan fingerprint density at radius 2 is 2.15 bits per heavy atom. The molecule has 2 aromatic heterocycles. The van der Waals surface area contributed by atoms with Crippen molar-refractivity contribution in [3.05, 3.63) is 47.0 Å². The van der Waals surface area contributed by atoms with Gasteiger partial charge in [0.15, 0.2) is 0 Å². The number of aryl methyl sites for hydroxylation is 2. The smallest absolute Gasteiger partial charge is 0.250 e. The Labute approximate surface area is 120 Å². The van der Waals surface area contributed by atoms with E-state index in [0.29, 0.717) is 18.8 Å². The van der Waals surface area contributed by atoms with Crippen molar-refractivity contribution in [3.8, 4) is 0 Å². The number of anilines is 1. The molecule has 0 bridgehead atoms. The number of thiazole rings is 1. The van der Waals surface area contributed by atoms with Crippen molar-refractivity contribution in [2.45, 2.75) is 19.8 Å². The minimum Gasteiger partial charge on any atom is -0.293 e. The minimum absolute atomic E-state index is 0.0650. The second-order valence-electron chi connectivity index (χ2n) is 4.54. The van der Waals surface area contributed by atoms with Crippen LogP contribution in [0.25, 0.3) is 4.96 Å². The molecule has 0 unspecified atom stereocenters. The maximum absolute atomic E-state index is 11.9. The molecule has 1 aromatic carbocycles. The van der Waals surface area contributed by atoms with E-state index in [2.05, 4.69) is 15.4 Å². The van der Waals surface area contributed by atoms with Crippen LogP contribution in [0.2, 0.25) is 0 Å². The molecule has 1 amide bonds. The van der Waals surface area contributed by atoms with Gasteiger partial charge in [0.1, 0.15) is 0 Å². The molecule has 6 heteroatoms. The molecule has 0 fully saturated rings. The van der Waals surface area contributed by atoms with E-state index in [4.69, 9.17) is 0 Å². The Hall–Kier alpha value is -2.21. The van der Waals surface area contributed by atoms with Crippen molar-refractivity contribution in [1.29, 1.82) is 0 Å². The van der Waals surface area contributed by atoms with E-state index >= 15 is 0 Å². The normalized spacial score (nSPS) is 10.8. The van der Waals surface area contributed by atoms with Crippen LogP contribution in [0.1, 0.15) is 17.7 Å². The third kappa shape index (κ3) is 2.70. The molecular formula is C14H14N4OS. The number of rotatable bonds is 4. The number of nitrogens with one attached hydrogen (secondary N) is 1. The van der Waals surface area contributed by atoms with Gasteiger partial charge in [-0.05, 0) is 18.9 Å². The average Bonchev–Trinajstić information content (AvgIpc) is 3.00. The molecule has 0 spiro atoms. The number of carbonyl (C=O) groups is 1. The molecule has 0 aliphatic heterocycles. The van der Waals surface area contributed by atoms with Gasteiger partial charge in [0.2, 0.25) is 16.8 Å². The predicted octanol–water partition coefficient (Wildman–Crippen LogP) is 2.67. The molecule has 2 heterocycles. The number of amides is 1. The minimum atomic E-state index is -0.0650. The van der Waals surface area contributed by atoms with E-state index in [1.807, 2.05) is 42.6 Å². The van der Waals surface area contributed by atoms with Gasteiger partial charge in [0.25, 0.3) is 0 Å². The van der Waals surface area contributed by atoms with Crippen molar-refractivity contribution in [1.82, 2.24) is 14.6 Å². The lowest BCUT2D eigenvalue weighted by Crippen LogP contribution is -2.13. The highest BCUT2D eigenvalue weighted by molar-refractivity contribution is 7.15. The molecule has 20 heavy (non-hydrogen) atoms. The molecule has 3 rings (SSSR count). The predicted molar refractivity (Wildman–Crippen MR) is 79.0 cm³/mol. The van der Waals surface area contributed by atoms with Crippen LogP contribution in [0.4, 0.5) is 5.95 Å². The maximum atomic E-state index is 11.9. The first-order chi connectivity index (χ1) is 9.72. The summed E-state index contributed by atoms with van der Waals surface area (Å²) in [5, 5.41) is 8.97. The molecule has 0 radical (unpaired) electrons. The fourth-order valence-electron chi connectivity index (χ4n) is 1.93. The van der Waals surface area contributed by atoms with Gasteiger partial charge in [-0.3, -0.25) is 10.1 Å². The van der Waals surface area contributed by atoms with Crippen molar-refractivity contribution in [3.63, 3.8) is 0 Å². The number of aromatic nitrogens is 3. The molecular weight excluding hydrogens is 272 g/mol. The van der Waals surface area contributed by atoms with Crippen LogP contribution in [-0.2, 0) is 11.2 Å². The topological polar surface area (TPSA) is 59.3 Å². The van der Waals surface area contributed by atoms with Gasteiger partial charge >= 0.3 is 0 Å². The summed E-state index contributed by atoms with van der Waals surface area (Å²) in [4.78, 5) is 16.9. The Bertz CT molecular complexity index is 732. The van der Waals surface area contributed by atoms with Crippen LogP contribution in [0.3, 0.4) is 0 Å². The van der Waals surface area contributed by atoms with Gasteiger partial charge in [-0.25, -0.2) is 4.52 Å². The molecule has 0 saturated carbocycles. The van der Waals surface area contributed by atoms with Gasteiger partial charge in [-0.15, -0.1) is 16.4 Å². The van der Waals surface area contributed by atoms with Crippen LogP contribution in [0, 0.1) is 6.92 Å². The van der Waals surface area contributed by atoms with Gasteiger partial charge < -0.3 is 0 Å². The summed E-state index contributed by atoms with van der Waals surface area (Å²) < 4.78 is 1.73. The summed E-state index contributed by atoms with van der Waals surface area (Å²) in [6.07, 6.45) is 1.14. The third-order valence-electron chi connectivity index (χ3n) is 2.98. The average molecular weight is 286 g/mol. The van der Waals surface area contributed by atoms with Gasteiger partial charge in [0.05, 0.1) is 5.69 Å². The van der Waals surface area contributed by atoms with Gasteiger partial charge in [0, 0.05) is 11.8 Å². The fourth-order valence-corrected chi connectivity index (χ4v) is 2.73. The Morgan fingerprint density at radius 1 is 1.35 bits per heavy atom. The van der Waals surface area contributed by atoms with Gasteiger partial charge in [-0.1, -0.05) is 30.3 Å². The monoisotopic (exact) mass is 286 g/mol. The summed E-state index contributed by atoms with van der Waals surface area (Å²) in [6.45, 7) is 1.96. The molecule has 0 aliphatic rings. The first-order valence-corrected chi connectivity index (χ1v) is 7.25. The summed E-state index contributed by atoms with van der Waals surface area (Å²) in [5.74, 6) is 0.308. The maximum Gasteiger partial charge on any atom is 0.250 e. The summed E-state index contributed by atoms with van der Waals surface area (Å²) in [5.41, 5.74) is 2.17. The van der Waals surface area contributed by atoms with Crippen LogP contribution in [0.5, 0.6) is 0 Å². The van der Waals surface area contributed by atoms with Crippen LogP contribution < -0.4 is 5.32 Å². The fraction of sp³-hybridized carbons (Fsp3) is 0.214. The van der Waals surface area contributed by atoms with Crippen LogP contribution >= 0.6 is 11.3 Å². The largest absolute Gasteiger partial charge is 0.293 e. The van der Waals surface area contributed by atoms with Crippen LogP contribution in [0.15, 0.2) is 35.7 Å². The number of hydrogen-bond acceptors (Lipinski definition) is 4. The number of benzene rings is 1. The summed E-state index contributed by atoms with van der Waals surface area (Å²) >= 11 is 1.51. The van der Waals surface area contributed by atoms with Crippen molar-refractivity contribution in [2.75, 3.05) is 5.32 Å². The first kappa shape index (κ1) is 12.8. The van der Waals surface area contributed by atoms with E-state index < -0.39 is 0 Å². The van der Waals surface area contributed by atoms with Gasteiger partial charge in [-0.2, -0.15) is 4.98 Å². The molecule has 5 nitrogen and oxygen atoms in total. The van der Waals surface area contributed by atoms with Crippen molar-refractivity contribution in [2.24, 2.45) is 0 Å². The van der Waals surface area contributed by atoms with E-state index in [1.165, 1.54) is 11.3 Å². The quantitative estimate of drug-likeness (QED) is 0.802. The summed E-state index contributed by atoms with van der Waals surface area (Å²) in [6, 6.07) is 9.94. The highest BCUT2D eigenvalue weighted by atomic mass is 32.1. The first-order valence-electron chi connectivity index (χ1n) is 6.37. The molecule has 1 N–H and O–H groups in total. The SMILES string of the molecule is Cc1csc2nc(NC(=O)CCc3ccccc3)nn12. The molecule has 3 aromatic rings. The third-order valence-corrected chi connectivity index (χ3v) is 3.92. The highest BCUT2D eigenvalue weighted by Crippen LogP contribution is 2.15. The van der Waals surface area contributed by atoms with E-state index in [-0.39, 0.29) is 5.91 Å². The molecule has 0 saturated heterocycles. The zero-order valence-electron chi connectivity index (χ0n) is 11.0. The number of nitrogens with zero attached hydrogens (tertiary/aromatic N) is 3. The molecule has 102 valence electrons. The zero-order chi connectivity index (χ0) is 13.9. The van der Waals surface area contributed by atoms with Crippen molar-refractivity contribution >= 4 is 28.2 Å². The lowest BCUT2D eigenvalue weighted by Gasteiger charge is -2.01.